The molecule has 0 fully saturated rings. The Labute approximate surface area is 201 Å². The maximum atomic E-state index is 13.9. The number of hydrogen-bond acceptors (Lipinski definition) is 5. The number of benzene rings is 3. The van der Waals surface area contributed by atoms with E-state index in [0.29, 0.717) is 39.1 Å². The first-order chi connectivity index (χ1) is 15.7. The lowest BCUT2D eigenvalue weighted by atomic mass is 10.1. The number of nitrogens with zero attached hydrogens (tertiary/aromatic N) is 1. The zero-order valence-electron chi connectivity index (χ0n) is 18.0. The fourth-order valence-electron chi connectivity index (χ4n) is 3.00. The van der Waals surface area contributed by atoms with E-state index in [1.54, 1.807) is 37.3 Å². The average Bonchev–Trinajstić information content (AvgIpc) is 2.80. The first-order valence-electron chi connectivity index (χ1n) is 9.63. The van der Waals surface area contributed by atoms with Crippen LogP contribution in [0.3, 0.4) is 0 Å². The monoisotopic (exact) mass is 489 g/mol. The lowest BCUT2D eigenvalue weighted by Gasteiger charge is -2.20. The maximum Gasteiger partial charge on any atom is 0.336 e. The van der Waals surface area contributed by atoms with Crippen molar-refractivity contribution in [2.24, 2.45) is 0 Å². The second-order valence-corrected chi connectivity index (χ2v) is 7.67. The Hall–Kier alpha value is -3.43. The van der Waals surface area contributed by atoms with E-state index in [9.17, 15) is 14.0 Å². The third-order valence-electron chi connectivity index (χ3n) is 4.73. The number of amides is 3. The number of carbonyl (C=O) groups is 2. The molecule has 3 aromatic carbocycles. The Morgan fingerprint density at radius 2 is 1.67 bits per heavy atom. The third-order valence-corrected chi connectivity index (χ3v) is 5.44. The van der Waals surface area contributed by atoms with Crippen molar-refractivity contribution in [3.8, 4) is 11.5 Å². The van der Waals surface area contributed by atoms with Crippen LogP contribution in [-0.4, -0.2) is 26.2 Å². The number of aryl methyl sites for hydroxylation is 1. The molecule has 0 unspecified atom stereocenters. The van der Waals surface area contributed by atoms with Crippen LogP contribution in [0.5, 0.6) is 11.5 Å². The normalized spacial score (nSPS) is 10.4. The number of hydrogen-bond donors (Lipinski definition) is 3. The van der Waals surface area contributed by atoms with Gasteiger partial charge in [0.2, 0.25) is 0 Å². The Morgan fingerprint density at radius 3 is 2.30 bits per heavy atom. The second kappa shape index (κ2) is 10.5. The van der Waals surface area contributed by atoms with Crippen LogP contribution in [0.4, 0.5) is 26.2 Å². The van der Waals surface area contributed by atoms with E-state index in [-0.39, 0.29) is 5.56 Å². The highest BCUT2D eigenvalue weighted by Gasteiger charge is 2.18. The van der Waals surface area contributed by atoms with E-state index >= 15 is 0 Å². The zero-order valence-corrected chi connectivity index (χ0v) is 19.6. The number of anilines is 3. The highest BCUT2D eigenvalue weighted by Crippen LogP contribution is 2.36. The van der Waals surface area contributed by atoms with Gasteiger partial charge in [-0.05, 0) is 48.9 Å². The molecular weight excluding hydrogens is 469 g/mol. The van der Waals surface area contributed by atoms with Gasteiger partial charge in [-0.2, -0.15) is 0 Å². The van der Waals surface area contributed by atoms with Crippen molar-refractivity contribution in [1.82, 2.24) is 0 Å². The van der Waals surface area contributed by atoms with E-state index in [4.69, 9.17) is 21.1 Å². The minimum atomic E-state index is -0.614. The van der Waals surface area contributed by atoms with Crippen LogP contribution >= 0.6 is 24.4 Å². The highest BCUT2D eigenvalue weighted by molar-refractivity contribution is 7.82. The molecule has 2 N–H and O–H groups in total. The summed E-state index contributed by atoms with van der Waals surface area (Å²) in [6.07, 6.45) is 0. The number of urea groups is 1. The van der Waals surface area contributed by atoms with Crippen molar-refractivity contribution in [3.63, 3.8) is 0 Å². The molecule has 0 aliphatic carbocycles. The van der Waals surface area contributed by atoms with Crippen LogP contribution in [-0.2, 0) is 0 Å². The van der Waals surface area contributed by atoms with Crippen LogP contribution in [0.15, 0.2) is 54.6 Å². The standard InChI is InChI=1S/C23H21ClFN3O4S/c1-13-10-14(8-9-18(13)26-22(29)15-6-4-5-7-17(15)25)28(33)23(30)27-19-11-16(24)20(31-2)12-21(19)32-3/h4-12,33H,1-3H3,(H,26,29)(H,27,30). The largest absolute Gasteiger partial charge is 0.495 e. The van der Waals surface area contributed by atoms with Gasteiger partial charge in [0.05, 0.1) is 36.2 Å². The van der Waals surface area contributed by atoms with Crippen molar-refractivity contribution >= 4 is 53.4 Å². The topological polar surface area (TPSA) is 79.9 Å². The molecule has 0 aliphatic rings. The molecule has 0 spiro atoms. The number of carbonyl (C=O) groups excluding carboxylic acids is 2. The molecule has 0 heterocycles. The molecule has 3 amide bonds. The quantitative estimate of drug-likeness (QED) is 0.374. The van der Waals surface area contributed by atoms with Crippen LogP contribution < -0.4 is 24.4 Å². The molecule has 33 heavy (non-hydrogen) atoms. The minimum Gasteiger partial charge on any atom is -0.495 e. The Morgan fingerprint density at radius 1 is 0.970 bits per heavy atom. The smallest absolute Gasteiger partial charge is 0.336 e. The van der Waals surface area contributed by atoms with Crippen molar-refractivity contribution < 1.29 is 23.5 Å². The van der Waals surface area contributed by atoms with Gasteiger partial charge in [-0.3, -0.25) is 4.79 Å². The summed E-state index contributed by atoms with van der Waals surface area (Å²) in [6, 6.07) is 13.0. The summed E-state index contributed by atoms with van der Waals surface area (Å²) in [6.45, 7) is 1.74. The molecule has 3 rings (SSSR count). The predicted molar refractivity (Wildman–Crippen MR) is 131 cm³/mol. The molecule has 0 radical (unpaired) electrons. The predicted octanol–water partition coefficient (Wildman–Crippen LogP) is 5.94. The first kappa shape index (κ1) is 24.2. The summed E-state index contributed by atoms with van der Waals surface area (Å²) in [5.41, 5.74) is 1.82. The van der Waals surface area contributed by atoms with Gasteiger partial charge in [-0.25, -0.2) is 13.5 Å². The summed E-state index contributed by atoms with van der Waals surface area (Å²) < 4.78 is 25.4. The van der Waals surface area contributed by atoms with Crippen LogP contribution in [0, 0.1) is 12.7 Å². The van der Waals surface area contributed by atoms with Gasteiger partial charge in [0.1, 0.15) is 17.3 Å². The van der Waals surface area contributed by atoms with Crippen LogP contribution in [0.1, 0.15) is 15.9 Å². The summed E-state index contributed by atoms with van der Waals surface area (Å²) >= 11 is 10.4. The van der Waals surface area contributed by atoms with E-state index in [1.165, 1.54) is 38.5 Å². The second-order valence-electron chi connectivity index (χ2n) is 6.86. The van der Waals surface area contributed by atoms with Gasteiger partial charge in [-0.1, -0.05) is 36.5 Å². The molecule has 0 saturated carbocycles. The maximum absolute atomic E-state index is 13.9. The van der Waals surface area contributed by atoms with Gasteiger partial charge in [0, 0.05) is 11.8 Å². The Kier molecular flexibility index (Phi) is 7.67. The van der Waals surface area contributed by atoms with Gasteiger partial charge in [0.15, 0.2) is 0 Å². The highest BCUT2D eigenvalue weighted by atomic mass is 35.5. The molecule has 0 saturated heterocycles. The van der Waals surface area contributed by atoms with Crippen molar-refractivity contribution in [2.75, 3.05) is 29.2 Å². The van der Waals surface area contributed by atoms with E-state index in [0.717, 1.165) is 4.31 Å². The lowest BCUT2D eigenvalue weighted by Crippen LogP contribution is -2.27. The summed E-state index contributed by atoms with van der Waals surface area (Å²) in [5, 5.41) is 5.65. The summed E-state index contributed by atoms with van der Waals surface area (Å²) in [5.74, 6) is -0.434. The molecule has 0 bridgehead atoms. The minimum absolute atomic E-state index is 0.0664. The first-order valence-corrected chi connectivity index (χ1v) is 10.4. The van der Waals surface area contributed by atoms with E-state index in [2.05, 4.69) is 23.4 Å². The van der Waals surface area contributed by atoms with Gasteiger partial charge >= 0.3 is 6.03 Å². The van der Waals surface area contributed by atoms with Gasteiger partial charge in [-0.15, -0.1) is 0 Å². The van der Waals surface area contributed by atoms with Gasteiger partial charge in [0.25, 0.3) is 5.91 Å². The Bertz CT molecular complexity index is 1210. The van der Waals surface area contributed by atoms with Crippen LogP contribution in [0.2, 0.25) is 5.02 Å². The summed E-state index contributed by atoms with van der Waals surface area (Å²) in [7, 11) is 2.92. The molecule has 0 aliphatic heterocycles. The molecule has 3 aromatic rings. The van der Waals surface area contributed by atoms with Gasteiger partial charge < -0.3 is 20.1 Å². The fourth-order valence-corrected chi connectivity index (χ4v) is 3.41. The molecule has 10 heteroatoms. The molecular formula is C23H21ClFN3O4S. The number of thiol groups is 1. The summed E-state index contributed by atoms with van der Waals surface area (Å²) in [4.78, 5) is 25.1. The number of methoxy groups -OCH3 is 2. The van der Waals surface area contributed by atoms with E-state index in [1.807, 2.05) is 0 Å². The van der Waals surface area contributed by atoms with Crippen LogP contribution in [0.25, 0.3) is 0 Å². The van der Waals surface area contributed by atoms with Crippen molar-refractivity contribution in [2.45, 2.75) is 6.92 Å². The number of nitrogens with one attached hydrogen (secondary N) is 2. The Balaban J connectivity index is 1.75. The molecule has 0 aromatic heterocycles. The fraction of sp³-hybridized carbons (Fsp3) is 0.130. The van der Waals surface area contributed by atoms with Crippen molar-refractivity contribution in [1.29, 1.82) is 0 Å². The van der Waals surface area contributed by atoms with Crippen molar-refractivity contribution in [3.05, 3.63) is 76.6 Å². The number of ether oxygens (including phenoxy) is 2. The lowest BCUT2D eigenvalue weighted by molar-refractivity contribution is 0.102. The zero-order chi connectivity index (χ0) is 24.1. The average molecular weight is 490 g/mol. The third kappa shape index (κ3) is 5.50. The molecule has 7 nitrogen and oxygen atoms in total. The number of halogens is 2. The van der Waals surface area contributed by atoms with E-state index < -0.39 is 17.8 Å². The number of rotatable bonds is 6. The molecule has 172 valence electrons. The molecule has 0 atom stereocenters. The SMILES string of the molecule is COc1cc(OC)c(NC(=O)N(S)c2ccc(NC(=O)c3ccccc3F)c(C)c2)cc1Cl.